The van der Waals surface area contributed by atoms with Crippen molar-refractivity contribution in [2.24, 2.45) is 0 Å². The zero-order chi connectivity index (χ0) is 11.4. The second kappa shape index (κ2) is 5.41. The molecule has 4 heteroatoms. The summed E-state index contributed by atoms with van der Waals surface area (Å²) in [6.45, 7) is 0. The van der Waals surface area contributed by atoms with Crippen LogP contribution < -0.4 is 0 Å². The Morgan fingerprint density at radius 3 is 2.06 bits per heavy atom. The molecule has 2 nitrogen and oxygen atoms in total. The molecule has 0 saturated carbocycles. The Hall–Kier alpha value is -0.930. The van der Waals surface area contributed by atoms with Crippen LogP contribution >= 0.6 is 27.5 Å². The minimum absolute atomic E-state index is 0.536. The molecule has 82 valence electrons. The monoisotopic (exact) mass is 296 g/mol. The Balaban J connectivity index is 1.97. The van der Waals surface area contributed by atoms with Gasteiger partial charge in [-0.05, 0) is 52.0 Å². The summed E-state index contributed by atoms with van der Waals surface area (Å²) in [6, 6.07) is 7.84. The van der Waals surface area contributed by atoms with Gasteiger partial charge in [0.1, 0.15) is 9.76 Å². The molecule has 2 aromatic heterocycles. The summed E-state index contributed by atoms with van der Waals surface area (Å²) in [5, 5.41) is 0.536. The van der Waals surface area contributed by atoms with Crippen LogP contribution in [0.25, 0.3) is 0 Å². The minimum atomic E-state index is 0.536. The first-order valence-electron chi connectivity index (χ1n) is 4.95. The third-order valence-electron chi connectivity index (χ3n) is 2.28. The summed E-state index contributed by atoms with van der Waals surface area (Å²) in [5.41, 5.74) is 2.41. The van der Waals surface area contributed by atoms with E-state index in [0.717, 1.165) is 17.4 Å². The third-order valence-corrected chi connectivity index (χ3v) is 2.97. The molecule has 2 heterocycles. The molecular weight excluding hydrogens is 288 g/mol. The Kier molecular flexibility index (Phi) is 3.91. The zero-order valence-electron chi connectivity index (χ0n) is 8.53. The maximum atomic E-state index is 5.72. The fraction of sp³-hybridized carbons (Fsp3) is 0.167. The summed E-state index contributed by atoms with van der Waals surface area (Å²) < 4.78 is 0.865. The highest BCUT2D eigenvalue weighted by Gasteiger charge is 1.97. The first-order valence-corrected chi connectivity index (χ1v) is 6.12. The average Bonchev–Trinajstić information content (AvgIpc) is 2.30. The molecule has 0 aromatic carbocycles. The van der Waals surface area contributed by atoms with Gasteiger partial charge in [-0.2, -0.15) is 0 Å². The van der Waals surface area contributed by atoms with E-state index < -0.39 is 0 Å². The lowest BCUT2D eigenvalue weighted by molar-refractivity contribution is 0.939. The maximum Gasteiger partial charge on any atom is 0.129 e. The van der Waals surface area contributed by atoms with E-state index in [4.69, 9.17) is 11.6 Å². The Morgan fingerprint density at radius 2 is 1.56 bits per heavy atom. The molecule has 2 aromatic rings. The van der Waals surface area contributed by atoms with Crippen LogP contribution in [0.1, 0.15) is 11.1 Å². The molecule has 0 amide bonds. The molecule has 0 unspecified atom stereocenters. The number of nitrogens with zero attached hydrogens (tertiary/aromatic N) is 2. The molecule has 0 aliphatic heterocycles. The van der Waals surface area contributed by atoms with E-state index in [-0.39, 0.29) is 0 Å². The van der Waals surface area contributed by atoms with Crippen molar-refractivity contribution in [3.05, 3.63) is 57.5 Å². The third kappa shape index (κ3) is 3.29. The zero-order valence-corrected chi connectivity index (χ0v) is 10.9. The topological polar surface area (TPSA) is 25.8 Å². The summed E-state index contributed by atoms with van der Waals surface area (Å²) in [5.74, 6) is 0. The van der Waals surface area contributed by atoms with Crippen LogP contribution in [0.4, 0.5) is 0 Å². The van der Waals surface area contributed by atoms with E-state index in [1.54, 1.807) is 0 Å². The van der Waals surface area contributed by atoms with E-state index in [9.17, 15) is 0 Å². The lowest BCUT2D eigenvalue weighted by Gasteiger charge is -2.01. The van der Waals surface area contributed by atoms with Crippen LogP contribution in [-0.4, -0.2) is 9.97 Å². The lowest BCUT2D eigenvalue weighted by atomic mass is 10.1. The number of aryl methyl sites for hydroxylation is 2. The first kappa shape index (κ1) is 11.6. The number of hydrogen-bond donors (Lipinski definition) is 0. The Bertz CT molecular complexity index is 408. The van der Waals surface area contributed by atoms with Crippen molar-refractivity contribution >= 4 is 27.5 Å². The van der Waals surface area contributed by atoms with Crippen molar-refractivity contribution in [3.63, 3.8) is 0 Å². The predicted octanol–water partition coefficient (Wildman–Crippen LogP) is 3.68. The second-order valence-electron chi connectivity index (χ2n) is 3.48. The average molecular weight is 298 g/mol. The van der Waals surface area contributed by atoms with Gasteiger partial charge in [-0.15, -0.1) is 0 Å². The summed E-state index contributed by atoms with van der Waals surface area (Å²) in [7, 11) is 0. The van der Waals surface area contributed by atoms with E-state index >= 15 is 0 Å². The molecule has 16 heavy (non-hydrogen) atoms. The minimum Gasteiger partial charge on any atom is -0.249 e. The van der Waals surface area contributed by atoms with Crippen molar-refractivity contribution in [3.8, 4) is 0 Å². The van der Waals surface area contributed by atoms with Gasteiger partial charge in [0, 0.05) is 12.4 Å². The molecular formula is C12H10BrClN2. The van der Waals surface area contributed by atoms with Crippen LogP contribution in [0, 0.1) is 0 Å². The van der Waals surface area contributed by atoms with Crippen molar-refractivity contribution < 1.29 is 0 Å². The smallest absolute Gasteiger partial charge is 0.129 e. The molecule has 0 atom stereocenters. The highest BCUT2D eigenvalue weighted by atomic mass is 79.9. The standard InChI is InChI=1S/C12H10BrClN2/c13-11-5-3-9(7-15-11)1-2-10-4-6-12(14)16-8-10/h3-8H,1-2H2. The quantitative estimate of drug-likeness (QED) is 0.808. The summed E-state index contributed by atoms with van der Waals surface area (Å²) in [4.78, 5) is 8.23. The van der Waals surface area contributed by atoms with Gasteiger partial charge in [0.15, 0.2) is 0 Å². The number of aromatic nitrogens is 2. The van der Waals surface area contributed by atoms with E-state index in [1.807, 2.05) is 30.6 Å². The van der Waals surface area contributed by atoms with Gasteiger partial charge >= 0.3 is 0 Å². The van der Waals surface area contributed by atoms with Crippen molar-refractivity contribution in [2.45, 2.75) is 12.8 Å². The molecule has 0 N–H and O–H groups in total. The largest absolute Gasteiger partial charge is 0.249 e. The fourth-order valence-corrected chi connectivity index (χ4v) is 1.74. The SMILES string of the molecule is Clc1ccc(CCc2ccc(Br)nc2)cn1. The first-order chi connectivity index (χ1) is 7.74. The van der Waals surface area contributed by atoms with Crippen LogP contribution in [0.2, 0.25) is 5.15 Å². The van der Waals surface area contributed by atoms with Gasteiger partial charge < -0.3 is 0 Å². The van der Waals surface area contributed by atoms with Crippen molar-refractivity contribution in [1.29, 1.82) is 0 Å². The molecule has 2 rings (SSSR count). The van der Waals surface area contributed by atoms with E-state index in [0.29, 0.717) is 5.15 Å². The van der Waals surface area contributed by atoms with Crippen LogP contribution in [-0.2, 0) is 12.8 Å². The molecule has 0 fully saturated rings. The number of hydrogen-bond acceptors (Lipinski definition) is 2. The normalized spacial score (nSPS) is 10.4. The van der Waals surface area contributed by atoms with Gasteiger partial charge in [-0.3, -0.25) is 0 Å². The van der Waals surface area contributed by atoms with E-state index in [1.165, 1.54) is 11.1 Å². The molecule has 0 bridgehead atoms. The number of rotatable bonds is 3. The van der Waals surface area contributed by atoms with Crippen LogP contribution in [0.5, 0.6) is 0 Å². The Morgan fingerprint density at radius 1 is 0.938 bits per heavy atom. The molecule has 0 saturated heterocycles. The van der Waals surface area contributed by atoms with Crippen molar-refractivity contribution in [1.82, 2.24) is 9.97 Å². The van der Waals surface area contributed by atoms with E-state index in [2.05, 4.69) is 32.0 Å². The molecule has 0 radical (unpaired) electrons. The van der Waals surface area contributed by atoms with Gasteiger partial charge in [-0.25, -0.2) is 9.97 Å². The van der Waals surface area contributed by atoms with Gasteiger partial charge in [-0.1, -0.05) is 23.7 Å². The highest BCUT2D eigenvalue weighted by molar-refractivity contribution is 9.10. The van der Waals surface area contributed by atoms with Crippen LogP contribution in [0.15, 0.2) is 41.3 Å². The highest BCUT2D eigenvalue weighted by Crippen LogP contribution is 2.11. The summed E-state index contributed by atoms with van der Waals surface area (Å²) >= 11 is 9.03. The number of pyridine rings is 2. The molecule has 0 aliphatic rings. The van der Waals surface area contributed by atoms with Crippen LogP contribution in [0.3, 0.4) is 0 Å². The van der Waals surface area contributed by atoms with Gasteiger partial charge in [0.2, 0.25) is 0 Å². The fourth-order valence-electron chi connectivity index (χ4n) is 1.40. The lowest BCUT2D eigenvalue weighted by Crippen LogP contribution is -1.92. The van der Waals surface area contributed by atoms with Gasteiger partial charge in [0.05, 0.1) is 0 Å². The summed E-state index contributed by atoms with van der Waals surface area (Å²) in [6.07, 6.45) is 5.61. The maximum absolute atomic E-state index is 5.72. The number of halogens is 2. The molecule has 0 aliphatic carbocycles. The molecule has 0 spiro atoms. The predicted molar refractivity (Wildman–Crippen MR) is 68.6 cm³/mol. The Labute approximate surface area is 108 Å². The van der Waals surface area contributed by atoms with Gasteiger partial charge in [0.25, 0.3) is 0 Å². The van der Waals surface area contributed by atoms with Crippen molar-refractivity contribution in [2.75, 3.05) is 0 Å². The second-order valence-corrected chi connectivity index (χ2v) is 4.68.